The molecule has 0 aliphatic carbocycles. The van der Waals surface area contributed by atoms with E-state index in [1.807, 2.05) is 30.3 Å². The molecule has 3 aromatic rings. The summed E-state index contributed by atoms with van der Waals surface area (Å²) in [5, 5.41) is 20.1. The normalized spacial score (nSPS) is 9.70. The standard InChI is InChI=1S/C21H17N3O2S.C2H6O/c1-13-18(20(25)24-15-6-4-3-5-7-15)19(17(12-22)21(27)23-13)14-8-10-16(26-2)11-9-14;1-2-3/h3-11H,1-2H3,(H,23,27)(H,24,25);3H,2H2,1H3. The molecule has 0 aliphatic heterocycles. The molecule has 0 unspecified atom stereocenters. The van der Waals surface area contributed by atoms with Crippen molar-refractivity contribution >= 4 is 23.8 Å². The van der Waals surface area contributed by atoms with Crippen LogP contribution in [0.3, 0.4) is 0 Å². The monoisotopic (exact) mass is 421 g/mol. The molecule has 1 aromatic heterocycles. The fraction of sp³-hybridized carbons (Fsp3) is 0.174. The van der Waals surface area contributed by atoms with Gasteiger partial charge in [0.2, 0.25) is 0 Å². The van der Waals surface area contributed by atoms with E-state index in [9.17, 15) is 10.1 Å². The molecule has 0 fully saturated rings. The summed E-state index contributed by atoms with van der Waals surface area (Å²) in [6.07, 6.45) is 0. The Morgan fingerprint density at radius 1 is 1.20 bits per heavy atom. The summed E-state index contributed by atoms with van der Waals surface area (Å²) in [7, 11) is 1.58. The Hall–Kier alpha value is -3.47. The molecule has 1 amide bonds. The number of H-pyrrole nitrogens is 1. The van der Waals surface area contributed by atoms with Gasteiger partial charge in [-0.15, -0.1) is 0 Å². The van der Waals surface area contributed by atoms with Crippen LogP contribution in [0.15, 0.2) is 54.6 Å². The lowest BCUT2D eigenvalue weighted by atomic mass is 9.94. The van der Waals surface area contributed by atoms with Crippen LogP contribution < -0.4 is 10.1 Å². The van der Waals surface area contributed by atoms with Gasteiger partial charge in [0.25, 0.3) is 5.91 Å². The van der Waals surface area contributed by atoms with Crippen molar-refractivity contribution in [2.24, 2.45) is 0 Å². The van der Waals surface area contributed by atoms with Gasteiger partial charge in [0, 0.05) is 23.6 Å². The van der Waals surface area contributed by atoms with Gasteiger partial charge in [-0.25, -0.2) is 0 Å². The zero-order chi connectivity index (χ0) is 22.1. The van der Waals surface area contributed by atoms with E-state index >= 15 is 0 Å². The molecule has 0 bridgehead atoms. The third kappa shape index (κ3) is 5.32. The number of aromatic nitrogens is 1. The van der Waals surface area contributed by atoms with Crippen LogP contribution in [0.25, 0.3) is 11.1 Å². The number of carbonyl (C=O) groups is 1. The Balaban J connectivity index is 0.00000101. The van der Waals surface area contributed by atoms with Crippen LogP contribution in [0.4, 0.5) is 5.69 Å². The minimum Gasteiger partial charge on any atom is -0.497 e. The summed E-state index contributed by atoms with van der Waals surface area (Å²) in [4.78, 5) is 16.0. The number of nitriles is 1. The van der Waals surface area contributed by atoms with Gasteiger partial charge in [-0.05, 0) is 43.7 Å². The smallest absolute Gasteiger partial charge is 0.258 e. The van der Waals surface area contributed by atoms with Gasteiger partial charge in [0.1, 0.15) is 16.5 Å². The zero-order valence-electron chi connectivity index (χ0n) is 17.0. The topological polar surface area (TPSA) is 98.1 Å². The molecule has 1 heterocycles. The van der Waals surface area contributed by atoms with Crippen molar-refractivity contribution < 1.29 is 14.6 Å². The van der Waals surface area contributed by atoms with E-state index in [1.165, 1.54) is 0 Å². The van der Waals surface area contributed by atoms with Gasteiger partial charge in [0.15, 0.2) is 0 Å². The van der Waals surface area contributed by atoms with E-state index in [-0.39, 0.29) is 18.1 Å². The number of nitrogens with zero attached hydrogens (tertiary/aromatic N) is 1. The first kappa shape index (κ1) is 22.8. The Morgan fingerprint density at radius 3 is 2.33 bits per heavy atom. The van der Waals surface area contributed by atoms with Gasteiger partial charge in [0.05, 0.1) is 18.2 Å². The van der Waals surface area contributed by atoms with Gasteiger partial charge in [-0.2, -0.15) is 5.26 Å². The second-order valence-electron chi connectivity index (χ2n) is 6.18. The highest BCUT2D eigenvalue weighted by Gasteiger charge is 2.21. The number of anilines is 1. The lowest BCUT2D eigenvalue weighted by Crippen LogP contribution is -2.16. The summed E-state index contributed by atoms with van der Waals surface area (Å²) in [5.74, 6) is 0.373. The predicted molar refractivity (Wildman–Crippen MR) is 120 cm³/mol. The van der Waals surface area contributed by atoms with Gasteiger partial charge >= 0.3 is 0 Å². The van der Waals surface area contributed by atoms with Gasteiger partial charge in [-0.1, -0.05) is 42.5 Å². The highest BCUT2D eigenvalue weighted by molar-refractivity contribution is 7.71. The van der Waals surface area contributed by atoms with Crippen LogP contribution in [0.1, 0.15) is 28.5 Å². The van der Waals surface area contributed by atoms with Crippen molar-refractivity contribution in [2.75, 3.05) is 19.0 Å². The average molecular weight is 422 g/mol. The summed E-state index contributed by atoms with van der Waals surface area (Å²) in [6.45, 7) is 3.70. The Labute approximate surface area is 180 Å². The number of para-hydroxylation sites is 1. The number of aromatic amines is 1. The number of rotatable bonds is 4. The second-order valence-corrected chi connectivity index (χ2v) is 6.59. The van der Waals surface area contributed by atoms with Crippen LogP contribution in [0, 0.1) is 22.9 Å². The molecule has 30 heavy (non-hydrogen) atoms. The molecule has 2 aromatic carbocycles. The summed E-state index contributed by atoms with van der Waals surface area (Å²) in [6, 6.07) is 18.5. The third-order valence-electron chi connectivity index (χ3n) is 4.15. The van der Waals surface area contributed by atoms with Crippen molar-refractivity contribution in [1.82, 2.24) is 4.98 Å². The minimum absolute atomic E-state index is 0.250. The number of amides is 1. The quantitative estimate of drug-likeness (QED) is 0.523. The Morgan fingerprint density at radius 2 is 1.80 bits per heavy atom. The molecule has 6 nitrogen and oxygen atoms in total. The maximum atomic E-state index is 13.0. The van der Waals surface area contributed by atoms with Crippen LogP contribution in [0.2, 0.25) is 0 Å². The molecular weight excluding hydrogens is 398 g/mol. The first-order valence-electron chi connectivity index (χ1n) is 9.25. The number of methoxy groups -OCH3 is 1. The predicted octanol–water partition coefficient (Wildman–Crippen LogP) is 4.85. The minimum atomic E-state index is -0.313. The van der Waals surface area contributed by atoms with Gasteiger partial charge in [-0.3, -0.25) is 4.79 Å². The maximum Gasteiger partial charge on any atom is 0.258 e. The number of aliphatic hydroxyl groups is 1. The first-order chi connectivity index (χ1) is 14.5. The molecule has 0 aliphatic rings. The highest BCUT2D eigenvalue weighted by Crippen LogP contribution is 2.31. The number of benzene rings is 2. The first-order valence-corrected chi connectivity index (χ1v) is 9.66. The second kappa shape index (κ2) is 10.9. The van der Waals surface area contributed by atoms with E-state index < -0.39 is 0 Å². The summed E-state index contributed by atoms with van der Waals surface area (Å²) >= 11 is 5.32. The molecule has 7 heteroatoms. The van der Waals surface area contributed by atoms with Crippen LogP contribution in [-0.2, 0) is 0 Å². The van der Waals surface area contributed by atoms with Crippen molar-refractivity contribution in [3.05, 3.63) is 76.1 Å². The Bertz CT molecular complexity index is 1100. The fourth-order valence-corrected chi connectivity index (χ4v) is 3.17. The molecule has 3 rings (SSSR count). The number of pyridine rings is 1. The molecule has 154 valence electrons. The maximum absolute atomic E-state index is 13.0. The fourth-order valence-electron chi connectivity index (χ4n) is 2.87. The van der Waals surface area contributed by atoms with E-state index in [2.05, 4.69) is 16.4 Å². The van der Waals surface area contributed by atoms with Crippen molar-refractivity contribution in [3.8, 4) is 22.9 Å². The molecule has 3 N–H and O–H groups in total. The van der Waals surface area contributed by atoms with Crippen molar-refractivity contribution in [3.63, 3.8) is 0 Å². The zero-order valence-corrected chi connectivity index (χ0v) is 17.8. The number of aliphatic hydroxyl groups excluding tert-OH is 1. The van der Waals surface area contributed by atoms with Crippen LogP contribution >= 0.6 is 12.2 Å². The van der Waals surface area contributed by atoms with Crippen LogP contribution in [-0.4, -0.2) is 29.7 Å². The molecule has 0 saturated heterocycles. The van der Waals surface area contributed by atoms with E-state index in [0.717, 1.165) is 0 Å². The van der Waals surface area contributed by atoms with E-state index in [4.69, 9.17) is 22.1 Å². The summed E-state index contributed by atoms with van der Waals surface area (Å²) in [5.41, 5.74) is 3.14. The average Bonchev–Trinajstić information content (AvgIpc) is 2.74. The number of nitrogens with one attached hydrogen (secondary N) is 2. The van der Waals surface area contributed by atoms with Crippen molar-refractivity contribution in [2.45, 2.75) is 13.8 Å². The molecular formula is C23H23N3O3S. The number of hydrogen-bond acceptors (Lipinski definition) is 5. The SMILES string of the molecule is CCO.COc1ccc(-c2c(C(=O)Nc3ccccc3)c(C)[nH]c(=S)c2C#N)cc1. The van der Waals surface area contributed by atoms with Crippen LogP contribution in [0.5, 0.6) is 5.75 Å². The molecule has 0 saturated carbocycles. The summed E-state index contributed by atoms with van der Waals surface area (Å²) < 4.78 is 5.50. The molecule has 0 spiro atoms. The number of carbonyl (C=O) groups excluding carboxylic acids is 1. The highest BCUT2D eigenvalue weighted by atomic mass is 32.1. The number of ether oxygens (including phenoxy) is 1. The largest absolute Gasteiger partial charge is 0.497 e. The lowest BCUT2D eigenvalue weighted by molar-refractivity contribution is 0.102. The van der Waals surface area contributed by atoms with Crippen molar-refractivity contribution in [1.29, 1.82) is 5.26 Å². The molecule has 0 radical (unpaired) electrons. The Kier molecular flexibility index (Phi) is 8.29. The number of aryl methyl sites for hydroxylation is 1. The van der Waals surface area contributed by atoms with E-state index in [0.29, 0.717) is 38.5 Å². The third-order valence-corrected chi connectivity index (χ3v) is 4.46. The van der Waals surface area contributed by atoms with E-state index in [1.54, 1.807) is 45.2 Å². The molecule has 0 atom stereocenters. The van der Waals surface area contributed by atoms with Gasteiger partial charge < -0.3 is 20.1 Å². The number of hydrogen-bond donors (Lipinski definition) is 3. The lowest BCUT2D eigenvalue weighted by Gasteiger charge is -2.15.